The highest BCUT2D eigenvalue weighted by Gasteiger charge is 2.16. The van der Waals surface area contributed by atoms with Crippen molar-refractivity contribution >= 4 is 11.8 Å². The molecule has 0 fully saturated rings. The predicted molar refractivity (Wildman–Crippen MR) is 86.7 cm³/mol. The molecule has 3 heteroatoms. The molecule has 1 atom stereocenters. The number of rotatable bonds is 6. The third-order valence-corrected chi connectivity index (χ3v) is 4.10. The Morgan fingerprint density at radius 3 is 2.65 bits per heavy atom. The highest BCUT2D eigenvalue weighted by Crippen LogP contribution is 2.31. The smallest absolute Gasteiger partial charge is 0.119 e. The molecule has 2 nitrogen and oxygen atoms in total. The van der Waals surface area contributed by atoms with Gasteiger partial charge in [-0.3, -0.25) is 0 Å². The van der Waals surface area contributed by atoms with Gasteiger partial charge in [0, 0.05) is 4.90 Å². The first-order chi connectivity index (χ1) is 9.80. The Bertz CT molecular complexity index is 556. The van der Waals surface area contributed by atoms with Crippen LogP contribution in [0.1, 0.15) is 24.1 Å². The minimum Gasteiger partial charge on any atom is -0.497 e. The Morgan fingerprint density at radius 1 is 1.15 bits per heavy atom. The zero-order chi connectivity index (χ0) is 14.4. The van der Waals surface area contributed by atoms with E-state index in [1.807, 2.05) is 12.1 Å². The van der Waals surface area contributed by atoms with Crippen molar-refractivity contribution in [1.82, 2.24) is 5.32 Å². The van der Waals surface area contributed by atoms with Gasteiger partial charge >= 0.3 is 0 Å². The topological polar surface area (TPSA) is 21.3 Å². The number of nitrogens with one attached hydrogen (secondary N) is 1. The van der Waals surface area contributed by atoms with Gasteiger partial charge in [-0.05, 0) is 42.1 Å². The fourth-order valence-corrected chi connectivity index (χ4v) is 2.97. The van der Waals surface area contributed by atoms with Crippen molar-refractivity contribution < 1.29 is 4.74 Å². The maximum Gasteiger partial charge on any atom is 0.119 e. The third-order valence-electron chi connectivity index (χ3n) is 3.29. The zero-order valence-corrected chi connectivity index (χ0v) is 13.0. The largest absolute Gasteiger partial charge is 0.497 e. The molecule has 0 aliphatic carbocycles. The molecular formula is C17H21NOS. The van der Waals surface area contributed by atoms with Crippen LogP contribution in [0.25, 0.3) is 0 Å². The molecule has 2 aromatic rings. The number of thioether (sulfide) groups is 1. The maximum absolute atomic E-state index is 5.34. The summed E-state index contributed by atoms with van der Waals surface area (Å²) < 4.78 is 5.34. The molecule has 0 radical (unpaired) electrons. The van der Waals surface area contributed by atoms with E-state index in [1.165, 1.54) is 16.0 Å². The van der Waals surface area contributed by atoms with Crippen LogP contribution in [-0.4, -0.2) is 19.9 Å². The fraction of sp³-hybridized carbons (Fsp3) is 0.294. The van der Waals surface area contributed by atoms with Gasteiger partial charge in [0.25, 0.3) is 0 Å². The molecule has 106 valence electrons. The average Bonchev–Trinajstić information content (AvgIpc) is 2.52. The average molecular weight is 287 g/mol. The van der Waals surface area contributed by atoms with Gasteiger partial charge < -0.3 is 10.1 Å². The monoisotopic (exact) mass is 287 g/mol. The summed E-state index contributed by atoms with van der Waals surface area (Å²) in [6.07, 6.45) is 2.12. The minimum atomic E-state index is 0.193. The Hall–Kier alpha value is -1.45. The van der Waals surface area contributed by atoms with E-state index in [1.54, 1.807) is 18.9 Å². The molecule has 20 heavy (non-hydrogen) atoms. The van der Waals surface area contributed by atoms with Gasteiger partial charge in [-0.1, -0.05) is 37.3 Å². The van der Waals surface area contributed by atoms with Gasteiger partial charge in [-0.2, -0.15) is 0 Å². The van der Waals surface area contributed by atoms with E-state index in [9.17, 15) is 0 Å². The lowest BCUT2D eigenvalue weighted by atomic mass is 9.98. The minimum absolute atomic E-state index is 0.193. The summed E-state index contributed by atoms with van der Waals surface area (Å²) in [5, 5.41) is 3.57. The summed E-state index contributed by atoms with van der Waals surface area (Å²) in [5.74, 6) is 0.895. The van der Waals surface area contributed by atoms with Crippen molar-refractivity contribution in [3.05, 3.63) is 59.7 Å². The number of hydrogen-bond acceptors (Lipinski definition) is 3. The van der Waals surface area contributed by atoms with Gasteiger partial charge in [-0.15, -0.1) is 11.8 Å². The van der Waals surface area contributed by atoms with E-state index in [-0.39, 0.29) is 6.04 Å². The van der Waals surface area contributed by atoms with Crippen LogP contribution in [0.5, 0.6) is 5.75 Å². The first-order valence-electron chi connectivity index (χ1n) is 6.80. The molecule has 0 spiro atoms. The Balaban J connectivity index is 2.44. The number of hydrogen-bond donors (Lipinski definition) is 1. The van der Waals surface area contributed by atoms with Crippen molar-refractivity contribution in [3.8, 4) is 5.75 Å². The van der Waals surface area contributed by atoms with Crippen LogP contribution in [0.15, 0.2) is 53.4 Å². The van der Waals surface area contributed by atoms with E-state index < -0.39 is 0 Å². The van der Waals surface area contributed by atoms with Crippen molar-refractivity contribution in [2.24, 2.45) is 0 Å². The zero-order valence-electron chi connectivity index (χ0n) is 12.2. The molecule has 1 N–H and O–H groups in total. The van der Waals surface area contributed by atoms with E-state index in [0.717, 1.165) is 12.3 Å². The van der Waals surface area contributed by atoms with Crippen LogP contribution in [0.4, 0.5) is 0 Å². The lowest BCUT2D eigenvalue weighted by molar-refractivity contribution is 0.413. The first kappa shape index (κ1) is 14.9. The van der Waals surface area contributed by atoms with Crippen LogP contribution in [-0.2, 0) is 0 Å². The van der Waals surface area contributed by atoms with Gasteiger partial charge in [-0.25, -0.2) is 0 Å². The molecule has 0 aliphatic rings. The van der Waals surface area contributed by atoms with Crippen LogP contribution in [0.3, 0.4) is 0 Å². The lowest BCUT2D eigenvalue weighted by Crippen LogP contribution is -2.22. The Kier molecular flexibility index (Phi) is 5.50. The lowest BCUT2D eigenvalue weighted by Gasteiger charge is -2.21. The molecule has 0 amide bonds. The Labute approximate surface area is 125 Å². The number of ether oxygens (including phenoxy) is 1. The molecule has 0 bridgehead atoms. The van der Waals surface area contributed by atoms with Crippen LogP contribution >= 0.6 is 11.8 Å². The van der Waals surface area contributed by atoms with Crippen LogP contribution < -0.4 is 10.1 Å². The second kappa shape index (κ2) is 7.36. The van der Waals surface area contributed by atoms with Crippen molar-refractivity contribution in [2.45, 2.75) is 17.9 Å². The summed E-state index contributed by atoms with van der Waals surface area (Å²) in [4.78, 5) is 1.31. The molecule has 1 unspecified atom stereocenters. The number of methoxy groups -OCH3 is 1. The van der Waals surface area contributed by atoms with E-state index in [4.69, 9.17) is 4.74 Å². The molecule has 2 rings (SSSR count). The Morgan fingerprint density at radius 2 is 1.95 bits per heavy atom. The van der Waals surface area contributed by atoms with E-state index in [2.05, 4.69) is 54.9 Å². The molecule has 2 aromatic carbocycles. The van der Waals surface area contributed by atoms with Crippen LogP contribution in [0.2, 0.25) is 0 Å². The molecule has 0 saturated carbocycles. The standard InChI is InChI=1S/C17H21NOS/c1-4-18-17(13-8-7-9-14(12-13)19-2)15-10-5-6-11-16(15)20-3/h5-12,17-18H,4H2,1-3H3. The van der Waals surface area contributed by atoms with E-state index in [0.29, 0.717) is 0 Å². The van der Waals surface area contributed by atoms with E-state index >= 15 is 0 Å². The van der Waals surface area contributed by atoms with Gasteiger partial charge in [0.2, 0.25) is 0 Å². The molecule has 0 aliphatic heterocycles. The highest BCUT2D eigenvalue weighted by molar-refractivity contribution is 7.98. The van der Waals surface area contributed by atoms with Crippen molar-refractivity contribution in [2.75, 3.05) is 19.9 Å². The molecule has 0 heterocycles. The fourth-order valence-electron chi connectivity index (χ4n) is 2.34. The molecule has 0 saturated heterocycles. The third kappa shape index (κ3) is 3.35. The van der Waals surface area contributed by atoms with Gasteiger partial charge in [0.05, 0.1) is 13.2 Å². The second-order valence-corrected chi connectivity index (χ2v) is 5.36. The summed E-state index contributed by atoms with van der Waals surface area (Å²) in [6, 6.07) is 17.0. The highest BCUT2D eigenvalue weighted by atomic mass is 32.2. The normalized spacial score (nSPS) is 12.2. The summed E-state index contributed by atoms with van der Waals surface area (Å²) >= 11 is 1.78. The van der Waals surface area contributed by atoms with Crippen LogP contribution in [0, 0.1) is 0 Å². The number of benzene rings is 2. The SMILES string of the molecule is CCNC(c1cccc(OC)c1)c1ccccc1SC. The van der Waals surface area contributed by atoms with Crippen molar-refractivity contribution in [1.29, 1.82) is 0 Å². The quantitative estimate of drug-likeness (QED) is 0.808. The van der Waals surface area contributed by atoms with Crippen molar-refractivity contribution in [3.63, 3.8) is 0 Å². The predicted octanol–water partition coefficient (Wildman–Crippen LogP) is 4.12. The summed E-state index contributed by atoms with van der Waals surface area (Å²) in [7, 11) is 1.71. The second-order valence-electron chi connectivity index (χ2n) is 4.51. The first-order valence-corrected chi connectivity index (χ1v) is 8.02. The summed E-state index contributed by atoms with van der Waals surface area (Å²) in [6.45, 7) is 3.06. The molecule has 0 aromatic heterocycles. The van der Waals surface area contributed by atoms with Gasteiger partial charge in [0.15, 0.2) is 0 Å². The maximum atomic E-state index is 5.34. The molecular weight excluding hydrogens is 266 g/mol. The van der Waals surface area contributed by atoms with Gasteiger partial charge in [0.1, 0.15) is 5.75 Å². The summed E-state index contributed by atoms with van der Waals surface area (Å²) in [5.41, 5.74) is 2.54.